The molecular weight excluding hydrogens is 796 g/mol. The first-order valence-corrected chi connectivity index (χ1v) is 23.6. The van der Waals surface area contributed by atoms with Gasteiger partial charge in [-0.25, -0.2) is 9.37 Å². The quantitative estimate of drug-likeness (QED) is 0.0564. The lowest BCUT2D eigenvalue weighted by Crippen LogP contribution is -2.60. The third kappa shape index (κ3) is 15.0. The first kappa shape index (κ1) is 51.7. The fourth-order valence-corrected chi connectivity index (χ4v) is 9.23. The predicted octanol–water partition coefficient (Wildman–Crippen LogP) is 8.65. The summed E-state index contributed by atoms with van der Waals surface area (Å²) < 4.78 is 20.7. The van der Waals surface area contributed by atoms with Crippen LogP contribution in [0.4, 0.5) is 10.1 Å². The second-order valence-electron chi connectivity index (χ2n) is 18.6. The molecule has 1 fully saturated rings. The number of aliphatic carboxylic acids is 1. The van der Waals surface area contributed by atoms with Crippen molar-refractivity contribution >= 4 is 40.7 Å². The smallest absolute Gasteiger partial charge is 0.309 e. The van der Waals surface area contributed by atoms with Gasteiger partial charge in [0.1, 0.15) is 28.7 Å². The Morgan fingerprint density at radius 2 is 1.79 bits per heavy atom. The molecule has 1 saturated heterocycles. The number of nitrogens with one attached hydrogen (secondary N) is 2. The molecule has 14 heteroatoms. The summed E-state index contributed by atoms with van der Waals surface area (Å²) in [6.07, 6.45) is 6.62. The monoisotopic (exact) mass is 873 g/mol. The van der Waals surface area contributed by atoms with Crippen LogP contribution in [0, 0.1) is 29.0 Å². The van der Waals surface area contributed by atoms with E-state index in [4.69, 9.17) is 15.5 Å². The number of amides is 3. The van der Waals surface area contributed by atoms with Gasteiger partial charge in [0.05, 0.1) is 17.1 Å². The minimum absolute atomic E-state index is 0.00218. The Bertz CT molecular complexity index is 1720. The fourth-order valence-electron chi connectivity index (χ4n) is 8.37. The van der Waals surface area contributed by atoms with Crippen molar-refractivity contribution in [3.8, 4) is 0 Å². The minimum Gasteiger partial charge on any atom is -0.481 e. The zero-order chi connectivity index (χ0) is 45.6. The highest BCUT2D eigenvalue weighted by molar-refractivity contribution is 7.09. The number of nitrogen functional groups attached to an aromatic ring is 1. The number of hydrogen-bond acceptors (Lipinski definition) is 9. The van der Waals surface area contributed by atoms with Crippen LogP contribution in [-0.2, 0) is 25.5 Å². The summed E-state index contributed by atoms with van der Waals surface area (Å²) in [7, 11) is 0. The zero-order valence-electron chi connectivity index (χ0n) is 38.9. The third-order valence-corrected chi connectivity index (χ3v) is 13.4. The molecule has 1 aliphatic rings. The van der Waals surface area contributed by atoms with Crippen LogP contribution in [0.15, 0.2) is 23.6 Å². The maximum Gasteiger partial charge on any atom is 0.309 e. The zero-order valence-corrected chi connectivity index (χ0v) is 39.7. The largest absolute Gasteiger partial charge is 0.481 e. The van der Waals surface area contributed by atoms with Crippen LogP contribution in [0.2, 0.25) is 0 Å². The normalized spacial score (nSPS) is 18.7. The molecule has 0 saturated carbocycles. The molecule has 3 amide bonds. The second-order valence-corrected chi connectivity index (χ2v) is 19.5. The molecule has 5 N–H and O–H groups in total. The summed E-state index contributed by atoms with van der Waals surface area (Å²) in [4.78, 5) is 64.2. The Kier molecular flexibility index (Phi) is 20.6. The molecule has 61 heavy (non-hydrogen) atoms. The van der Waals surface area contributed by atoms with Crippen LogP contribution in [-0.4, -0.2) is 93.5 Å². The van der Waals surface area contributed by atoms with E-state index in [9.17, 15) is 23.9 Å². The number of anilines is 1. The number of nitrogens with two attached hydrogens (primary N) is 1. The summed E-state index contributed by atoms with van der Waals surface area (Å²) in [5, 5.41) is 18.4. The predicted molar refractivity (Wildman–Crippen MR) is 243 cm³/mol. The van der Waals surface area contributed by atoms with Gasteiger partial charge in [0.2, 0.25) is 11.8 Å². The molecule has 0 spiro atoms. The van der Waals surface area contributed by atoms with E-state index in [1.165, 1.54) is 23.5 Å². The summed E-state index contributed by atoms with van der Waals surface area (Å²) >= 11 is 1.30. The van der Waals surface area contributed by atoms with E-state index in [1.54, 1.807) is 25.3 Å². The number of carboxylic acid groups (broad SMARTS) is 1. The summed E-state index contributed by atoms with van der Waals surface area (Å²) in [6.45, 7) is 23.8. The van der Waals surface area contributed by atoms with Crippen LogP contribution in [0.3, 0.4) is 0 Å². The highest BCUT2D eigenvalue weighted by atomic mass is 32.1. The molecule has 1 aromatic carbocycles. The Balaban J connectivity index is 1.94. The summed E-state index contributed by atoms with van der Waals surface area (Å²) in [6, 6.07) is 2.73. The van der Waals surface area contributed by atoms with Crippen molar-refractivity contribution in [2.24, 2.45) is 23.2 Å². The summed E-state index contributed by atoms with van der Waals surface area (Å²) in [5.41, 5.74) is 5.24. The van der Waals surface area contributed by atoms with Gasteiger partial charge in [-0.1, -0.05) is 73.3 Å². The lowest BCUT2D eigenvalue weighted by molar-refractivity contribution is -0.147. The Morgan fingerprint density at radius 1 is 1.08 bits per heavy atom. The maximum atomic E-state index is 15.1. The van der Waals surface area contributed by atoms with Gasteiger partial charge in [-0.15, -0.1) is 11.3 Å². The number of hydrogen-bond donors (Lipinski definition) is 4. The molecule has 7 atom stereocenters. The molecule has 2 aromatic rings. The van der Waals surface area contributed by atoms with Crippen LogP contribution < -0.4 is 16.4 Å². The Hall–Kier alpha value is -3.62. The number of rotatable bonds is 25. The van der Waals surface area contributed by atoms with Crippen molar-refractivity contribution < 1.29 is 33.4 Å². The molecular formula is C47H77FN6O6S. The molecule has 344 valence electrons. The van der Waals surface area contributed by atoms with Crippen molar-refractivity contribution in [1.82, 2.24) is 25.4 Å². The molecule has 3 rings (SSSR count). The number of carbonyl (C=O) groups is 4. The topological polar surface area (TPSA) is 167 Å². The molecule has 1 aliphatic heterocycles. The van der Waals surface area contributed by atoms with Gasteiger partial charge < -0.3 is 31.1 Å². The number of halogens is 1. The highest BCUT2D eigenvalue weighted by Crippen LogP contribution is 2.33. The van der Waals surface area contributed by atoms with Crippen molar-refractivity contribution in [2.45, 2.75) is 177 Å². The number of carbonyl (C=O) groups excluding carboxylic acids is 3. The van der Waals surface area contributed by atoms with E-state index in [-0.39, 0.29) is 66.0 Å². The standard InChI is InChI=1S/C47H77FN6O6S/c1-12-15-16-17-21-54(45(57)41(32(9)13-2)52-43(56)39-23-31(8)20-22-53(39)30(6)7)38(29(4)5)26-40(60-14-3)44-51-37(28-61-44)42(55)50-34(27-47(10,11)46(58)59)24-33-18-19-36(49)35(48)25-33/h18-19,25,28-32,34,38-41H,12-17,20-24,26-27,49H2,1-11H3,(H,50,55)(H,52,56)(H,58,59)/t31-,32+,34+,38-,39-,40-,41+/m1/s1. The number of nitrogens with zero attached hydrogens (tertiary/aromatic N) is 3. The SMILES string of the molecule is CCCCCCN(C(=O)[C@@H](NC(=O)[C@H]1C[C@H](C)CCN1C(C)C)[C@@H](C)CC)[C@H](C[C@@H](OCC)c1nc(C(=O)N[C@@H](Cc2ccc(N)c(F)c2)CC(C)(C)C(=O)O)cs1)C(C)C. The number of thiazole rings is 1. The molecule has 12 nitrogen and oxygen atoms in total. The fraction of sp³-hybridized carbons (Fsp3) is 0.723. The minimum atomic E-state index is -1.18. The molecule has 0 bridgehead atoms. The van der Waals surface area contributed by atoms with Crippen molar-refractivity contribution in [3.63, 3.8) is 0 Å². The maximum absolute atomic E-state index is 15.1. The summed E-state index contributed by atoms with van der Waals surface area (Å²) in [5.74, 6) is -1.89. The number of piperidine rings is 1. The van der Waals surface area contributed by atoms with E-state index in [2.05, 4.69) is 64.0 Å². The molecule has 2 heterocycles. The highest BCUT2D eigenvalue weighted by Gasteiger charge is 2.40. The number of aromatic nitrogens is 1. The Labute approximate surface area is 369 Å². The average Bonchev–Trinajstić information content (AvgIpc) is 3.70. The number of likely N-dealkylation sites (tertiary alicyclic amines) is 1. The van der Waals surface area contributed by atoms with Gasteiger partial charge in [0, 0.05) is 43.1 Å². The van der Waals surface area contributed by atoms with E-state index < -0.39 is 41.3 Å². The van der Waals surface area contributed by atoms with Gasteiger partial charge in [-0.3, -0.25) is 24.1 Å². The van der Waals surface area contributed by atoms with E-state index in [0.29, 0.717) is 36.1 Å². The van der Waals surface area contributed by atoms with Crippen molar-refractivity contribution in [2.75, 3.05) is 25.4 Å². The average molecular weight is 873 g/mol. The first-order valence-electron chi connectivity index (χ1n) is 22.8. The van der Waals surface area contributed by atoms with Crippen LogP contribution in [0.5, 0.6) is 0 Å². The molecule has 0 radical (unpaired) electrons. The molecule has 1 aromatic heterocycles. The van der Waals surface area contributed by atoms with Crippen molar-refractivity contribution in [1.29, 1.82) is 0 Å². The van der Waals surface area contributed by atoms with E-state index in [0.717, 1.165) is 51.5 Å². The molecule has 0 unspecified atom stereocenters. The van der Waals surface area contributed by atoms with Gasteiger partial charge in [0.25, 0.3) is 5.91 Å². The lowest BCUT2D eigenvalue weighted by atomic mass is 9.84. The van der Waals surface area contributed by atoms with Gasteiger partial charge in [-0.2, -0.15) is 0 Å². The van der Waals surface area contributed by atoms with Crippen LogP contribution in [0.1, 0.15) is 161 Å². The number of benzene rings is 1. The Morgan fingerprint density at radius 3 is 2.38 bits per heavy atom. The van der Waals surface area contributed by atoms with E-state index in [1.807, 2.05) is 18.7 Å². The van der Waals surface area contributed by atoms with Gasteiger partial charge in [0.15, 0.2) is 0 Å². The number of unbranched alkanes of at least 4 members (excludes halogenated alkanes) is 3. The first-order chi connectivity index (χ1) is 28.7. The second kappa shape index (κ2) is 24.3. The number of ether oxygens (including phenoxy) is 1. The van der Waals surface area contributed by atoms with E-state index >= 15 is 4.79 Å². The van der Waals surface area contributed by atoms with Crippen LogP contribution >= 0.6 is 11.3 Å². The van der Waals surface area contributed by atoms with Crippen molar-refractivity contribution in [3.05, 3.63) is 45.7 Å². The number of carboxylic acids is 1. The van der Waals surface area contributed by atoms with Gasteiger partial charge in [-0.05, 0) is 109 Å². The van der Waals surface area contributed by atoms with Crippen LogP contribution in [0.25, 0.3) is 0 Å². The molecule has 0 aliphatic carbocycles. The van der Waals surface area contributed by atoms with Gasteiger partial charge >= 0.3 is 5.97 Å². The third-order valence-electron chi connectivity index (χ3n) is 12.4. The lowest BCUT2D eigenvalue weighted by Gasteiger charge is -2.42.